The van der Waals surface area contributed by atoms with Crippen molar-refractivity contribution in [2.45, 2.75) is 38.3 Å². The van der Waals surface area contributed by atoms with Crippen LogP contribution >= 0.6 is 27.3 Å². The van der Waals surface area contributed by atoms with Crippen LogP contribution in [0, 0.1) is 6.92 Å². The van der Waals surface area contributed by atoms with Crippen LogP contribution in [-0.4, -0.2) is 72.7 Å². The lowest BCUT2D eigenvalue weighted by atomic mass is 10.1. The van der Waals surface area contributed by atoms with Crippen LogP contribution in [0.4, 0.5) is 5.69 Å². The van der Waals surface area contributed by atoms with Gasteiger partial charge in [0.15, 0.2) is 0 Å². The number of benzene rings is 1. The summed E-state index contributed by atoms with van der Waals surface area (Å²) in [6, 6.07) is 8.15. The van der Waals surface area contributed by atoms with Gasteiger partial charge in [0.25, 0.3) is 11.8 Å². The lowest BCUT2D eigenvalue weighted by molar-refractivity contribution is -0.132. The third-order valence-corrected chi connectivity index (χ3v) is 7.87. The predicted octanol–water partition coefficient (Wildman–Crippen LogP) is 3.05. The van der Waals surface area contributed by atoms with Gasteiger partial charge in [0.2, 0.25) is 11.8 Å². The first-order valence-electron chi connectivity index (χ1n) is 11.1. The largest absolute Gasteiger partial charge is 0.347 e. The minimum absolute atomic E-state index is 0.0641. The van der Waals surface area contributed by atoms with E-state index in [4.69, 9.17) is 0 Å². The second kappa shape index (κ2) is 9.87. The molecule has 2 fully saturated rings. The Labute approximate surface area is 211 Å². The zero-order chi connectivity index (χ0) is 24.6. The van der Waals surface area contributed by atoms with Gasteiger partial charge in [-0.2, -0.15) is 0 Å². The average molecular weight is 547 g/mol. The molecule has 4 amide bonds. The fourth-order valence-corrected chi connectivity index (χ4v) is 5.81. The van der Waals surface area contributed by atoms with Gasteiger partial charge in [0.1, 0.15) is 6.04 Å². The van der Waals surface area contributed by atoms with Crippen LogP contribution in [0.2, 0.25) is 0 Å². The zero-order valence-electron chi connectivity index (χ0n) is 19.3. The van der Waals surface area contributed by atoms with Crippen LogP contribution in [0.1, 0.15) is 44.9 Å². The molecule has 3 heterocycles. The minimum Gasteiger partial charge on any atom is -0.347 e. The number of hydrogen-bond donors (Lipinski definition) is 1. The fourth-order valence-electron chi connectivity index (χ4n) is 4.52. The Morgan fingerprint density at radius 3 is 2.59 bits per heavy atom. The van der Waals surface area contributed by atoms with E-state index >= 15 is 0 Å². The number of nitrogens with zero attached hydrogens (tertiary/aromatic N) is 3. The maximum absolute atomic E-state index is 13.2. The van der Waals surface area contributed by atoms with Crippen molar-refractivity contribution in [2.75, 3.05) is 32.1 Å². The van der Waals surface area contributed by atoms with E-state index in [1.54, 1.807) is 42.1 Å². The Morgan fingerprint density at radius 1 is 1.18 bits per heavy atom. The van der Waals surface area contributed by atoms with Crippen LogP contribution in [0.15, 0.2) is 34.1 Å². The van der Waals surface area contributed by atoms with E-state index < -0.39 is 6.04 Å². The van der Waals surface area contributed by atoms with E-state index in [-0.39, 0.29) is 36.1 Å². The highest BCUT2D eigenvalue weighted by atomic mass is 79.9. The fraction of sp³-hybridized carbons (Fsp3) is 0.417. The molecule has 34 heavy (non-hydrogen) atoms. The number of halogens is 1. The quantitative estimate of drug-likeness (QED) is 0.624. The van der Waals surface area contributed by atoms with Gasteiger partial charge in [-0.25, -0.2) is 0 Å². The summed E-state index contributed by atoms with van der Waals surface area (Å²) in [6.07, 6.45) is 1.68. The highest BCUT2D eigenvalue weighted by Crippen LogP contribution is 2.28. The van der Waals surface area contributed by atoms with E-state index in [2.05, 4.69) is 21.2 Å². The molecule has 2 aliphatic heterocycles. The van der Waals surface area contributed by atoms with Gasteiger partial charge in [-0.1, -0.05) is 0 Å². The van der Waals surface area contributed by atoms with E-state index in [0.717, 1.165) is 15.8 Å². The molecule has 8 nitrogen and oxygen atoms in total. The highest BCUT2D eigenvalue weighted by molar-refractivity contribution is 9.11. The van der Waals surface area contributed by atoms with Crippen molar-refractivity contribution in [2.24, 2.45) is 0 Å². The van der Waals surface area contributed by atoms with Crippen LogP contribution in [0.3, 0.4) is 0 Å². The highest BCUT2D eigenvalue weighted by Gasteiger charge is 2.36. The van der Waals surface area contributed by atoms with Gasteiger partial charge in [-0.15, -0.1) is 11.3 Å². The summed E-state index contributed by atoms with van der Waals surface area (Å²) >= 11 is 4.70. The molecule has 0 radical (unpaired) electrons. The summed E-state index contributed by atoms with van der Waals surface area (Å²) in [7, 11) is 3.40. The third-order valence-electron chi connectivity index (χ3n) is 6.25. The Morgan fingerprint density at radius 2 is 1.94 bits per heavy atom. The van der Waals surface area contributed by atoms with Crippen molar-refractivity contribution in [3.05, 3.63) is 50.1 Å². The zero-order valence-corrected chi connectivity index (χ0v) is 21.7. The second-order valence-electron chi connectivity index (χ2n) is 8.87. The van der Waals surface area contributed by atoms with Crippen molar-refractivity contribution < 1.29 is 19.2 Å². The number of aryl methyl sites for hydroxylation is 1. The van der Waals surface area contributed by atoms with Crippen LogP contribution in [0.25, 0.3) is 0 Å². The summed E-state index contributed by atoms with van der Waals surface area (Å²) in [4.78, 5) is 56.3. The van der Waals surface area contributed by atoms with Crippen molar-refractivity contribution >= 4 is 56.6 Å². The summed E-state index contributed by atoms with van der Waals surface area (Å²) in [5.41, 5.74) is 1.97. The normalized spacial score (nSPS) is 20.1. The number of likely N-dealkylation sites (tertiary alicyclic amines) is 1. The monoisotopic (exact) mass is 546 g/mol. The molecule has 0 saturated carbocycles. The topological polar surface area (TPSA) is 90.0 Å². The maximum Gasteiger partial charge on any atom is 0.261 e. The number of hydrogen-bond acceptors (Lipinski definition) is 5. The molecule has 0 spiro atoms. The first-order chi connectivity index (χ1) is 16.2. The molecule has 1 aromatic heterocycles. The van der Waals surface area contributed by atoms with Crippen LogP contribution in [-0.2, 0) is 9.59 Å². The van der Waals surface area contributed by atoms with E-state index in [9.17, 15) is 19.2 Å². The van der Waals surface area contributed by atoms with Gasteiger partial charge in [0, 0.05) is 44.9 Å². The lowest BCUT2D eigenvalue weighted by Crippen LogP contribution is -2.45. The molecule has 2 aromatic rings. The third kappa shape index (κ3) is 4.88. The van der Waals surface area contributed by atoms with Crippen LogP contribution < -0.4 is 10.2 Å². The van der Waals surface area contributed by atoms with Crippen molar-refractivity contribution in [1.82, 2.24) is 15.1 Å². The van der Waals surface area contributed by atoms with Gasteiger partial charge < -0.3 is 20.0 Å². The summed E-state index contributed by atoms with van der Waals surface area (Å²) < 4.78 is 0.873. The molecule has 10 heteroatoms. The van der Waals surface area contributed by atoms with Crippen molar-refractivity contribution in [3.63, 3.8) is 0 Å². The number of rotatable bonds is 5. The SMILES string of the molecule is Cc1cc(N2CC(NC(=O)c3ccc(Br)s3)CC2=O)ccc1C(=O)N1CCC[C@@H]1C(=O)N(C)C. The molecule has 180 valence electrons. The molecular formula is C24H27BrN4O4S. The Kier molecular flexibility index (Phi) is 7.09. The minimum atomic E-state index is -0.435. The maximum atomic E-state index is 13.2. The molecule has 2 saturated heterocycles. The molecule has 1 N–H and O–H groups in total. The van der Waals surface area contributed by atoms with Crippen molar-refractivity contribution in [1.29, 1.82) is 0 Å². The second-order valence-corrected chi connectivity index (χ2v) is 11.3. The summed E-state index contributed by atoms with van der Waals surface area (Å²) in [6.45, 7) is 2.76. The number of anilines is 1. The molecule has 2 aliphatic rings. The standard InChI is InChI=1S/C24H27BrN4O4S/c1-14-11-16(6-7-17(14)23(32)28-10-4-5-18(28)24(33)27(2)3)29-13-15(12-21(29)30)26-22(31)19-8-9-20(25)34-19/h6-9,11,15,18H,4-5,10,12-13H2,1-3H3,(H,26,31)/t15?,18-/m1/s1. The first-order valence-corrected chi connectivity index (χ1v) is 12.8. The van der Waals surface area contributed by atoms with Gasteiger partial charge in [0.05, 0.1) is 14.7 Å². The average Bonchev–Trinajstić information content (AvgIpc) is 3.52. The molecular weight excluding hydrogens is 520 g/mol. The lowest BCUT2D eigenvalue weighted by Gasteiger charge is -2.27. The summed E-state index contributed by atoms with van der Waals surface area (Å²) in [5, 5.41) is 2.94. The number of amides is 4. The van der Waals surface area contributed by atoms with Crippen LogP contribution in [0.5, 0.6) is 0 Å². The van der Waals surface area contributed by atoms with Gasteiger partial charge in [-0.05, 0) is 71.6 Å². The number of likely N-dealkylation sites (N-methyl/N-ethyl adjacent to an activating group) is 1. The van der Waals surface area contributed by atoms with Crippen molar-refractivity contribution in [3.8, 4) is 0 Å². The molecule has 1 unspecified atom stereocenters. The molecule has 4 rings (SSSR count). The Balaban J connectivity index is 1.45. The number of nitrogens with one attached hydrogen (secondary N) is 1. The Bertz CT molecular complexity index is 1150. The van der Waals surface area contributed by atoms with Gasteiger partial charge >= 0.3 is 0 Å². The van der Waals surface area contributed by atoms with E-state index in [1.165, 1.54) is 16.2 Å². The number of carbonyl (C=O) groups excluding carboxylic acids is 4. The van der Waals surface area contributed by atoms with E-state index in [1.807, 2.05) is 19.1 Å². The molecule has 2 atom stereocenters. The smallest absolute Gasteiger partial charge is 0.261 e. The van der Waals surface area contributed by atoms with Gasteiger partial charge in [-0.3, -0.25) is 19.2 Å². The predicted molar refractivity (Wildman–Crippen MR) is 134 cm³/mol. The van der Waals surface area contributed by atoms with E-state index in [0.29, 0.717) is 35.6 Å². The number of thiophene rings is 1. The molecule has 0 bridgehead atoms. The Hall–Kier alpha value is -2.72. The first kappa shape index (κ1) is 24.4. The molecule has 1 aromatic carbocycles. The summed E-state index contributed by atoms with van der Waals surface area (Å²) in [5.74, 6) is -0.500. The number of carbonyl (C=O) groups is 4. The molecule has 0 aliphatic carbocycles.